The summed E-state index contributed by atoms with van der Waals surface area (Å²) in [4.78, 5) is 17.3. The number of para-hydroxylation sites is 1. The minimum atomic E-state index is -1.05. The van der Waals surface area contributed by atoms with Crippen LogP contribution in [0.5, 0.6) is 5.75 Å². The number of carboxylic acids is 1. The van der Waals surface area contributed by atoms with Crippen molar-refractivity contribution in [2.75, 3.05) is 19.9 Å². The zero-order valence-corrected chi connectivity index (χ0v) is 21.5. The Morgan fingerprint density at radius 1 is 1.19 bits per heavy atom. The van der Waals surface area contributed by atoms with Gasteiger partial charge in [0.1, 0.15) is 23.7 Å². The van der Waals surface area contributed by atoms with Gasteiger partial charge in [-0.05, 0) is 76.1 Å². The first-order valence-electron chi connectivity index (χ1n) is 12.8. The quantitative estimate of drug-likeness (QED) is 0.271. The molecule has 6 nitrogen and oxygen atoms in total. The minimum absolute atomic E-state index is 0.132. The topological polar surface area (TPSA) is 81.8 Å². The van der Waals surface area contributed by atoms with E-state index in [0.29, 0.717) is 40.6 Å². The number of pyridine rings is 1. The van der Waals surface area contributed by atoms with Gasteiger partial charge in [0, 0.05) is 10.9 Å². The average molecular weight is 506 g/mol. The molecular weight excluding hydrogens is 473 g/mol. The molecule has 1 fully saturated rings. The zero-order chi connectivity index (χ0) is 26.2. The van der Waals surface area contributed by atoms with Crippen LogP contribution in [-0.4, -0.2) is 41.5 Å². The molecule has 1 aliphatic carbocycles. The van der Waals surface area contributed by atoms with Crippen LogP contribution in [0.2, 0.25) is 0 Å². The van der Waals surface area contributed by atoms with Crippen LogP contribution in [0.3, 0.4) is 0 Å². The van der Waals surface area contributed by atoms with Crippen molar-refractivity contribution >= 4 is 27.8 Å². The third kappa shape index (κ3) is 4.92. The van der Waals surface area contributed by atoms with Crippen molar-refractivity contribution in [3.63, 3.8) is 0 Å². The summed E-state index contributed by atoms with van der Waals surface area (Å²) < 4.78 is 30.6. The van der Waals surface area contributed by atoms with E-state index in [1.54, 1.807) is 6.07 Å². The van der Waals surface area contributed by atoms with E-state index >= 15 is 0 Å². The molecule has 4 aromatic rings. The van der Waals surface area contributed by atoms with Gasteiger partial charge in [0.2, 0.25) is 0 Å². The van der Waals surface area contributed by atoms with E-state index in [4.69, 9.17) is 18.9 Å². The number of hydrogen-bond donors (Lipinski definition) is 1. The molecule has 0 aliphatic heterocycles. The summed E-state index contributed by atoms with van der Waals surface area (Å²) in [5.41, 5.74) is 3.44. The van der Waals surface area contributed by atoms with Crippen LogP contribution >= 0.6 is 0 Å². The van der Waals surface area contributed by atoms with Gasteiger partial charge in [0.05, 0.1) is 35.3 Å². The Balaban J connectivity index is 1.46. The summed E-state index contributed by atoms with van der Waals surface area (Å²) in [6.07, 6.45) is 3.51. The molecule has 2 aromatic heterocycles. The minimum Gasteiger partial charge on any atom is -0.493 e. The molecule has 5 rings (SSSR count). The molecule has 1 aliphatic rings. The van der Waals surface area contributed by atoms with E-state index in [2.05, 4.69) is 0 Å². The molecule has 0 radical (unpaired) electrons. The van der Waals surface area contributed by atoms with E-state index in [0.717, 1.165) is 47.8 Å². The molecule has 0 amide bonds. The average Bonchev–Trinajstić information content (AvgIpc) is 3.24. The number of halogens is 1. The van der Waals surface area contributed by atoms with Gasteiger partial charge in [-0.25, -0.2) is 14.2 Å². The number of alkyl halides is 1. The Labute approximate surface area is 215 Å². The predicted octanol–water partition coefficient (Wildman–Crippen LogP) is 7.28. The van der Waals surface area contributed by atoms with Crippen LogP contribution in [0.25, 0.3) is 33.3 Å². The maximum Gasteiger partial charge on any atom is 0.336 e. The summed E-state index contributed by atoms with van der Waals surface area (Å²) in [7, 11) is 0. The van der Waals surface area contributed by atoms with Crippen molar-refractivity contribution in [2.45, 2.75) is 52.1 Å². The number of benzene rings is 2. The number of hydrogen-bond acceptors (Lipinski definition) is 5. The van der Waals surface area contributed by atoms with Crippen LogP contribution in [-0.2, 0) is 4.74 Å². The van der Waals surface area contributed by atoms with Gasteiger partial charge in [0.15, 0.2) is 5.76 Å². The van der Waals surface area contributed by atoms with Gasteiger partial charge in [-0.1, -0.05) is 24.3 Å². The molecule has 0 saturated heterocycles. The third-order valence-corrected chi connectivity index (χ3v) is 7.60. The summed E-state index contributed by atoms with van der Waals surface area (Å²) >= 11 is 0. The smallest absolute Gasteiger partial charge is 0.336 e. The number of ether oxygens (including phenoxy) is 2. The number of rotatable bonds is 8. The van der Waals surface area contributed by atoms with Crippen molar-refractivity contribution in [3.8, 4) is 17.2 Å². The number of aromatic nitrogens is 1. The molecule has 7 heteroatoms. The molecule has 37 heavy (non-hydrogen) atoms. The van der Waals surface area contributed by atoms with E-state index in [-0.39, 0.29) is 17.8 Å². The number of carbonyl (C=O) groups is 1. The molecule has 0 bridgehead atoms. The van der Waals surface area contributed by atoms with E-state index in [1.165, 1.54) is 0 Å². The highest BCUT2D eigenvalue weighted by molar-refractivity contribution is 6.07. The first kappa shape index (κ1) is 25.2. The van der Waals surface area contributed by atoms with Gasteiger partial charge >= 0.3 is 5.97 Å². The second kappa shape index (κ2) is 10.1. The standard InChI is InChI=1S/C30H32FNO5/c1-18-8-9-25(35-17-20-10-12-30(3,13-11-20)36-15-14-31)26-22(29(33)34)16-23(32-27(18)26)28-19(2)21-6-4-5-7-24(21)37-28/h4-9,16,20H,10-15,17H2,1-3H3,(H,33,34)/t20-,30-. The highest BCUT2D eigenvalue weighted by Gasteiger charge is 2.32. The molecular formula is C30H32FNO5. The Morgan fingerprint density at radius 2 is 1.95 bits per heavy atom. The molecule has 2 aromatic carbocycles. The molecule has 194 valence electrons. The monoisotopic (exact) mass is 505 g/mol. The highest BCUT2D eigenvalue weighted by atomic mass is 19.1. The first-order valence-corrected chi connectivity index (χ1v) is 12.8. The fourth-order valence-corrected chi connectivity index (χ4v) is 5.36. The Kier molecular flexibility index (Phi) is 6.90. The van der Waals surface area contributed by atoms with Gasteiger partial charge in [-0.3, -0.25) is 0 Å². The number of furan rings is 1. The fraction of sp³-hybridized carbons (Fsp3) is 0.400. The van der Waals surface area contributed by atoms with Crippen LogP contribution in [0, 0.1) is 19.8 Å². The van der Waals surface area contributed by atoms with E-state index in [9.17, 15) is 14.3 Å². The lowest BCUT2D eigenvalue weighted by Crippen LogP contribution is -2.36. The lowest BCUT2D eigenvalue weighted by molar-refractivity contribution is -0.0707. The second-order valence-electron chi connectivity index (χ2n) is 10.3. The number of carboxylic acid groups (broad SMARTS) is 1. The van der Waals surface area contributed by atoms with Crippen molar-refractivity contribution in [1.82, 2.24) is 4.98 Å². The van der Waals surface area contributed by atoms with Gasteiger partial charge < -0.3 is 19.0 Å². The van der Waals surface area contributed by atoms with Crippen LogP contribution < -0.4 is 4.74 Å². The summed E-state index contributed by atoms with van der Waals surface area (Å²) in [5.74, 6) is 0.352. The molecule has 1 N–H and O–H groups in total. The van der Waals surface area contributed by atoms with Gasteiger partial charge in [-0.15, -0.1) is 0 Å². The highest BCUT2D eigenvalue weighted by Crippen LogP contribution is 2.39. The van der Waals surface area contributed by atoms with Gasteiger partial charge in [-0.2, -0.15) is 0 Å². The predicted molar refractivity (Wildman–Crippen MR) is 141 cm³/mol. The first-order chi connectivity index (χ1) is 17.8. The molecule has 0 spiro atoms. The maximum atomic E-state index is 12.5. The maximum absolute atomic E-state index is 12.5. The van der Waals surface area contributed by atoms with Crippen molar-refractivity contribution in [3.05, 3.63) is 59.2 Å². The number of fused-ring (bicyclic) bond motifs is 2. The number of aromatic carboxylic acids is 1. The lowest BCUT2D eigenvalue weighted by atomic mass is 9.80. The molecule has 1 saturated carbocycles. The van der Waals surface area contributed by atoms with Crippen molar-refractivity contribution < 1.29 is 28.2 Å². The SMILES string of the molecule is Cc1c(-c2cc(C(=O)O)c3c(OC[C@H]4CC[C@](C)(OCCF)CC4)ccc(C)c3n2)oc2ccccc12. The van der Waals surface area contributed by atoms with Crippen molar-refractivity contribution in [2.24, 2.45) is 5.92 Å². The third-order valence-electron chi connectivity index (χ3n) is 7.60. The Bertz CT molecular complexity index is 1450. The van der Waals surface area contributed by atoms with Crippen LogP contribution in [0.1, 0.15) is 54.1 Å². The molecule has 0 atom stereocenters. The van der Waals surface area contributed by atoms with Crippen molar-refractivity contribution in [1.29, 1.82) is 0 Å². The summed E-state index contributed by atoms with van der Waals surface area (Å²) in [6.45, 7) is 6.05. The van der Waals surface area contributed by atoms with E-state index in [1.807, 2.05) is 57.2 Å². The van der Waals surface area contributed by atoms with Crippen LogP contribution in [0.15, 0.2) is 46.9 Å². The number of nitrogens with zero attached hydrogens (tertiary/aromatic N) is 1. The normalized spacial score (nSPS) is 19.9. The van der Waals surface area contributed by atoms with E-state index < -0.39 is 12.6 Å². The largest absolute Gasteiger partial charge is 0.493 e. The fourth-order valence-electron chi connectivity index (χ4n) is 5.36. The Morgan fingerprint density at radius 3 is 2.65 bits per heavy atom. The molecule has 0 unspecified atom stereocenters. The summed E-state index contributed by atoms with van der Waals surface area (Å²) in [6, 6.07) is 13.0. The second-order valence-corrected chi connectivity index (χ2v) is 10.3. The van der Waals surface area contributed by atoms with Crippen LogP contribution in [0.4, 0.5) is 4.39 Å². The van der Waals surface area contributed by atoms with Gasteiger partial charge in [0.25, 0.3) is 0 Å². The lowest BCUT2D eigenvalue weighted by Gasteiger charge is -2.37. The Hall–Kier alpha value is -3.45. The summed E-state index contributed by atoms with van der Waals surface area (Å²) in [5, 5.41) is 11.6. The molecule has 2 heterocycles. The number of aryl methyl sites for hydroxylation is 2. The zero-order valence-electron chi connectivity index (χ0n) is 21.5.